The zero-order valence-electron chi connectivity index (χ0n) is 13.3. The van der Waals surface area contributed by atoms with E-state index in [1.807, 2.05) is 19.9 Å². The monoisotopic (exact) mass is 346 g/mol. The average Bonchev–Trinajstić information content (AvgIpc) is 2.75. The Morgan fingerprint density at radius 3 is 2.67 bits per heavy atom. The highest BCUT2D eigenvalue weighted by Crippen LogP contribution is 2.54. The highest BCUT2D eigenvalue weighted by molar-refractivity contribution is 8.10. The molecule has 1 atom stereocenters. The van der Waals surface area contributed by atoms with Crippen LogP contribution in [0.1, 0.15) is 33.3 Å². The van der Waals surface area contributed by atoms with Gasteiger partial charge in [-0.1, -0.05) is 6.92 Å². The van der Waals surface area contributed by atoms with Crippen molar-refractivity contribution in [1.29, 1.82) is 0 Å². The Balaban J connectivity index is 2.39. The first-order valence-electron chi connectivity index (χ1n) is 7.16. The fourth-order valence-electron chi connectivity index (χ4n) is 2.40. The van der Waals surface area contributed by atoms with E-state index in [-0.39, 0.29) is 5.60 Å². The van der Waals surface area contributed by atoms with Crippen LogP contribution in [0, 0.1) is 0 Å². The van der Waals surface area contributed by atoms with Crippen molar-refractivity contribution in [2.45, 2.75) is 44.6 Å². The minimum Gasteiger partial charge on any atom is -0.483 e. The van der Waals surface area contributed by atoms with E-state index in [9.17, 15) is 0 Å². The van der Waals surface area contributed by atoms with Gasteiger partial charge in [0.2, 0.25) is 6.49 Å². The molecule has 2 rings (SSSR count). The topological polar surface area (TPSA) is 27.7 Å². The Kier molecular flexibility index (Phi) is 5.30. The van der Waals surface area contributed by atoms with E-state index in [0.29, 0.717) is 12.8 Å². The van der Waals surface area contributed by atoms with Crippen LogP contribution in [0.4, 0.5) is 0 Å². The fourth-order valence-corrected chi connectivity index (χ4v) is 4.77. The van der Waals surface area contributed by atoms with E-state index < -0.39 is 6.49 Å². The van der Waals surface area contributed by atoms with Crippen LogP contribution in [-0.2, 0) is 22.8 Å². The van der Waals surface area contributed by atoms with Crippen LogP contribution in [0.3, 0.4) is 0 Å². The van der Waals surface area contributed by atoms with Gasteiger partial charge in [0, 0.05) is 23.0 Å². The number of rotatable bonds is 6. The zero-order chi connectivity index (χ0) is 15.7. The molecule has 1 unspecified atom stereocenters. The van der Waals surface area contributed by atoms with Gasteiger partial charge in [0.25, 0.3) is 0 Å². The molecule has 0 saturated carbocycles. The predicted octanol–water partition coefficient (Wildman–Crippen LogP) is 4.87. The molecule has 6 heteroatoms. The molecule has 1 heterocycles. The molecule has 3 nitrogen and oxygen atoms in total. The average molecular weight is 346 g/mol. The summed E-state index contributed by atoms with van der Waals surface area (Å²) in [6.07, 6.45) is 3.68. The van der Waals surface area contributed by atoms with Crippen LogP contribution in [0.15, 0.2) is 17.0 Å². The minimum absolute atomic E-state index is 0.202. The first-order valence-corrected chi connectivity index (χ1v) is 11.2. The lowest BCUT2D eigenvalue weighted by Crippen LogP contribution is -2.24. The Hall–Kier alpha value is -0.220. The SMILES string of the molecule is CCOP(=S)(CC)Oc1ccc(SC)c2c1OC(C)(C)C2. The molecule has 0 amide bonds. The maximum Gasteiger partial charge on any atom is 0.238 e. The summed E-state index contributed by atoms with van der Waals surface area (Å²) in [4.78, 5) is 1.24. The van der Waals surface area contributed by atoms with Crippen molar-refractivity contribution in [3.63, 3.8) is 0 Å². The van der Waals surface area contributed by atoms with Gasteiger partial charge >= 0.3 is 0 Å². The second kappa shape index (κ2) is 6.49. The van der Waals surface area contributed by atoms with Gasteiger partial charge in [-0.05, 0) is 51.0 Å². The van der Waals surface area contributed by atoms with Crippen molar-refractivity contribution in [3.05, 3.63) is 17.7 Å². The summed E-state index contributed by atoms with van der Waals surface area (Å²) in [6.45, 7) is 6.45. The third kappa shape index (κ3) is 3.76. The van der Waals surface area contributed by atoms with Gasteiger partial charge in [-0.2, -0.15) is 0 Å². The van der Waals surface area contributed by atoms with E-state index in [0.717, 1.165) is 17.9 Å². The molecular formula is C15H23O3PS2. The van der Waals surface area contributed by atoms with Crippen molar-refractivity contribution in [3.8, 4) is 11.5 Å². The standard InChI is InChI=1S/C15H23O3PS2/c1-6-16-19(20,7-2)18-12-8-9-13(21-5)11-10-15(3,4)17-14(11)12/h8-9H,6-7,10H2,1-5H3. The van der Waals surface area contributed by atoms with E-state index in [1.54, 1.807) is 11.8 Å². The van der Waals surface area contributed by atoms with Gasteiger partial charge in [0.1, 0.15) is 5.60 Å². The third-order valence-corrected chi connectivity index (χ3v) is 7.37. The Morgan fingerprint density at radius 2 is 2.10 bits per heavy atom. The lowest BCUT2D eigenvalue weighted by atomic mass is 10.0. The smallest absolute Gasteiger partial charge is 0.238 e. The minimum atomic E-state index is -2.27. The number of hydrogen-bond acceptors (Lipinski definition) is 5. The summed E-state index contributed by atoms with van der Waals surface area (Å²) in [5, 5.41) is 0. The molecule has 0 bridgehead atoms. The van der Waals surface area contributed by atoms with E-state index in [4.69, 9.17) is 25.6 Å². The molecule has 0 aromatic heterocycles. The number of benzene rings is 1. The van der Waals surface area contributed by atoms with Gasteiger partial charge in [0.15, 0.2) is 11.5 Å². The molecular weight excluding hydrogens is 323 g/mol. The van der Waals surface area contributed by atoms with Gasteiger partial charge in [-0.3, -0.25) is 0 Å². The van der Waals surface area contributed by atoms with Crippen molar-refractivity contribution in [1.82, 2.24) is 0 Å². The Morgan fingerprint density at radius 1 is 1.38 bits per heavy atom. The molecule has 0 spiro atoms. The summed E-state index contributed by atoms with van der Waals surface area (Å²) in [5.41, 5.74) is 1.02. The predicted molar refractivity (Wildman–Crippen MR) is 93.7 cm³/mol. The molecule has 0 fully saturated rings. The highest BCUT2D eigenvalue weighted by Gasteiger charge is 2.35. The lowest BCUT2D eigenvalue weighted by Gasteiger charge is -2.23. The maximum atomic E-state index is 6.11. The van der Waals surface area contributed by atoms with E-state index >= 15 is 0 Å². The number of thioether (sulfide) groups is 1. The van der Waals surface area contributed by atoms with Gasteiger partial charge in [-0.15, -0.1) is 11.8 Å². The van der Waals surface area contributed by atoms with Gasteiger partial charge in [-0.25, -0.2) is 0 Å². The Labute approximate surface area is 136 Å². The van der Waals surface area contributed by atoms with Crippen molar-refractivity contribution in [2.75, 3.05) is 19.0 Å². The molecule has 118 valence electrons. The van der Waals surface area contributed by atoms with Crippen LogP contribution in [-0.4, -0.2) is 24.6 Å². The molecule has 0 N–H and O–H groups in total. The second-order valence-electron chi connectivity index (χ2n) is 5.55. The molecule has 0 aliphatic carbocycles. The maximum absolute atomic E-state index is 6.11. The van der Waals surface area contributed by atoms with E-state index in [2.05, 4.69) is 26.2 Å². The van der Waals surface area contributed by atoms with Crippen LogP contribution in [0.5, 0.6) is 11.5 Å². The number of fused-ring (bicyclic) bond motifs is 1. The van der Waals surface area contributed by atoms with Crippen molar-refractivity contribution < 1.29 is 13.8 Å². The Bertz CT molecular complexity index is 572. The summed E-state index contributed by atoms with van der Waals surface area (Å²) >= 11 is 7.31. The van der Waals surface area contributed by atoms with Crippen LogP contribution >= 0.6 is 18.3 Å². The fraction of sp³-hybridized carbons (Fsp3) is 0.600. The molecule has 1 aromatic carbocycles. The van der Waals surface area contributed by atoms with Gasteiger partial charge < -0.3 is 13.8 Å². The number of hydrogen-bond donors (Lipinski definition) is 0. The normalized spacial score (nSPS) is 18.7. The van der Waals surface area contributed by atoms with Crippen molar-refractivity contribution >= 4 is 30.1 Å². The lowest BCUT2D eigenvalue weighted by molar-refractivity contribution is 0.135. The summed E-state index contributed by atoms with van der Waals surface area (Å²) in [6, 6.07) is 4.05. The second-order valence-corrected chi connectivity index (χ2v) is 10.4. The quantitative estimate of drug-likeness (QED) is 0.541. The van der Waals surface area contributed by atoms with E-state index in [1.165, 1.54) is 10.5 Å². The summed E-state index contributed by atoms with van der Waals surface area (Å²) in [7, 11) is 0. The van der Waals surface area contributed by atoms with Crippen LogP contribution < -0.4 is 9.26 Å². The molecule has 0 radical (unpaired) electrons. The largest absolute Gasteiger partial charge is 0.483 e. The number of ether oxygens (including phenoxy) is 1. The van der Waals surface area contributed by atoms with Crippen LogP contribution in [0.25, 0.3) is 0 Å². The molecule has 1 aromatic rings. The zero-order valence-corrected chi connectivity index (χ0v) is 15.8. The first-order chi connectivity index (χ1) is 9.84. The third-order valence-electron chi connectivity index (χ3n) is 3.33. The summed E-state index contributed by atoms with van der Waals surface area (Å²) < 4.78 is 17.9. The molecule has 1 aliphatic heterocycles. The first kappa shape index (κ1) is 17.1. The molecule has 1 aliphatic rings. The highest BCUT2D eigenvalue weighted by atomic mass is 32.5. The molecule has 21 heavy (non-hydrogen) atoms. The van der Waals surface area contributed by atoms with Crippen LogP contribution in [0.2, 0.25) is 0 Å². The summed E-state index contributed by atoms with van der Waals surface area (Å²) in [5.74, 6) is 1.57. The van der Waals surface area contributed by atoms with Gasteiger partial charge in [0.05, 0.1) is 6.61 Å². The molecule has 0 saturated heterocycles. The van der Waals surface area contributed by atoms with Crippen molar-refractivity contribution in [2.24, 2.45) is 0 Å².